The number of likely N-dealkylation sites (tertiary alicyclic amines) is 1. The minimum Gasteiger partial charge on any atom is -0.480 e. The molecule has 1 heterocycles. The van der Waals surface area contributed by atoms with E-state index in [1.807, 2.05) is 0 Å². The zero-order chi connectivity index (χ0) is 18.9. The van der Waals surface area contributed by atoms with Crippen LogP contribution in [-0.2, 0) is 19.6 Å². The van der Waals surface area contributed by atoms with Gasteiger partial charge in [0.1, 0.15) is 12.6 Å². The average Bonchev–Trinajstić information content (AvgIpc) is 2.57. The minimum atomic E-state index is -3.94. The molecule has 0 radical (unpaired) electrons. The lowest BCUT2D eigenvalue weighted by atomic mass is 10.1. The number of carboxylic acids is 1. The van der Waals surface area contributed by atoms with Crippen molar-refractivity contribution in [2.45, 2.75) is 23.8 Å². The van der Waals surface area contributed by atoms with E-state index in [0.29, 0.717) is 29.8 Å². The summed E-state index contributed by atoms with van der Waals surface area (Å²) in [6, 6.07) is 8.82. The maximum Gasteiger partial charge on any atom is 0.323 e. The van der Waals surface area contributed by atoms with Gasteiger partial charge in [-0.15, -0.1) is 0 Å². The Morgan fingerprint density at radius 3 is 2.69 bits per heavy atom. The summed E-state index contributed by atoms with van der Waals surface area (Å²) in [5, 5.41) is 10.9. The highest BCUT2D eigenvalue weighted by Crippen LogP contribution is 2.23. The summed E-state index contributed by atoms with van der Waals surface area (Å²) in [6.07, 6.45) is 0.854. The van der Waals surface area contributed by atoms with Crippen LogP contribution in [0, 0.1) is 0 Å². The number of amides is 1. The quantitative estimate of drug-likeness (QED) is 0.802. The Labute approximate surface area is 155 Å². The number of hydrogen-bond donors (Lipinski definition) is 2. The number of piperidine rings is 1. The van der Waals surface area contributed by atoms with E-state index in [0.717, 1.165) is 10.3 Å². The summed E-state index contributed by atoms with van der Waals surface area (Å²) in [5.41, 5.74) is 0. The first-order valence-electron chi connectivity index (χ1n) is 7.98. The molecular weight excluding hydrogens is 380 g/mol. The maximum absolute atomic E-state index is 12.7. The van der Waals surface area contributed by atoms with Crippen molar-refractivity contribution in [2.75, 3.05) is 13.1 Å². The third-order valence-electron chi connectivity index (χ3n) is 4.24. The Morgan fingerprint density at radius 1 is 1.23 bits per heavy atom. The van der Waals surface area contributed by atoms with E-state index < -0.39 is 34.5 Å². The van der Waals surface area contributed by atoms with Crippen LogP contribution in [0.5, 0.6) is 0 Å². The highest BCUT2D eigenvalue weighted by Gasteiger charge is 2.33. The second-order valence-corrected chi connectivity index (χ2v) is 8.27. The third-order valence-corrected chi connectivity index (χ3v) is 5.94. The van der Waals surface area contributed by atoms with Crippen LogP contribution in [0.15, 0.2) is 41.3 Å². The van der Waals surface area contributed by atoms with Gasteiger partial charge in [-0.25, -0.2) is 8.42 Å². The molecule has 1 amide bonds. The maximum atomic E-state index is 12.7. The van der Waals surface area contributed by atoms with E-state index >= 15 is 0 Å². The number of nitrogens with one attached hydrogen (secondary N) is 1. The summed E-state index contributed by atoms with van der Waals surface area (Å²) in [4.78, 5) is 24.4. The van der Waals surface area contributed by atoms with Gasteiger partial charge in [0.05, 0.1) is 4.90 Å². The Hall–Kier alpha value is -2.16. The number of rotatable bonds is 5. The Kier molecular flexibility index (Phi) is 5.17. The molecule has 9 heteroatoms. The number of benzene rings is 2. The molecule has 0 aromatic heterocycles. The predicted octanol–water partition coefficient (Wildman–Crippen LogP) is 1.85. The van der Waals surface area contributed by atoms with Gasteiger partial charge in [0, 0.05) is 11.6 Å². The average molecular weight is 397 g/mol. The van der Waals surface area contributed by atoms with E-state index in [1.165, 1.54) is 12.1 Å². The zero-order valence-electron chi connectivity index (χ0n) is 13.7. The molecule has 0 saturated carbocycles. The molecule has 1 saturated heterocycles. The van der Waals surface area contributed by atoms with Gasteiger partial charge in [0.15, 0.2) is 0 Å². The second kappa shape index (κ2) is 7.22. The molecule has 1 atom stereocenters. The molecule has 1 fully saturated rings. The fourth-order valence-corrected chi connectivity index (χ4v) is 4.43. The van der Waals surface area contributed by atoms with Gasteiger partial charge in [-0.05, 0) is 47.9 Å². The summed E-state index contributed by atoms with van der Waals surface area (Å²) >= 11 is 5.95. The van der Waals surface area contributed by atoms with Gasteiger partial charge in [-0.3, -0.25) is 9.59 Å². The smallest absolute Gasteiger partial charge is 0.323 e. The standard InChI is InChI=1S/C17H17ClN2O5S/c18-13-5-3-11-4-6-14(9-12(11)8-13)26(24,25)19-15-2-1-7-20(17(15)23)10-16(21)22/h3-6,8-9,15,19H,1-2,7,10H2,(H,21,22)/t15-/m0/s1. The van der Waals surface area contributed by atoms with Gasteiger partial charge in [0.2, 0.25) is 15.9 Å². The van der Waals surface area contributed by atoms with E-state index in [4.69, 9.17) is 16.7 Å². The van der Waals surface area contributed by atoms with Gasteiger partial charge in [0.25, 0.3) is 0 Å². The molecule has 3 rings (SSSR count). The molecular formula is C17H17ClN2O5S. The number of carbonyl (C=O) groups excluding carboxylic acids is 1. The normalized spacial score (nSPS) is 18.3. The summed E-state index contributed by atoms with van der Waals surface area (Å²) in [5.74, 6) is -1.65. The van der Waals surface area contributed by atoms with Crippen LogP contribution in [0.2, 0.25) is 5.02 Å². The van der Waals surface area contributed by atoms with Gasteiger partial charge >= 0.3 is 5.97 Å². The molecule has 7 nitrogen and oxygen atoms in total. The SMILES string of the molecule is O=C(O)CN1CCC[C@H](NS(=O)(=O)c2ccc3ccc(Cl)cc3c2)C1=O. The van der Waals surface area contributed by atoms with Crippen LogP contribution in [0.4, 0.5) is 0 Å². The second-order valence-electron chi connectivity index (χ2n) is 6.12. The van der Waals surface area contributed by atoms with E-state index in [1.54, 1.807) is 24.3 Å². The summed E-state index contributed by atoms with van der Waals surface area (Å²) in [7, 11) is -3.94. The number of nitrogens with zero attached hydrogens (tertiary/aromatic N) is 1. The largest absolute Gasteiger partial charge is 0.480 e. The molecule has 26 heavy (non-hydrogen) atoms. The number of fused-ring (bicyclic) bond motifs is 1. The summed E-state index contributed by atoms with van der Waals surface area (Å²) < 4.78 is 27.7. The Balaban J connectivity index is 1.84. The van der Waals surface area contributed by atoms with Crippen molar-refractivity contribution < 1.29 is 23.1 Å². The van der Waals surface area contributed by atoms with Gasteiger partial charge in [-0.2, -0.15) is 4.72 Å². The van der Waals surface area contributed by atoms with E-state index in [2.05, 4.69) is 4.72 Å². The van der Waals surface area contributed by atoms with Crippen molar-refractivity contribution in [2.24, 2.45) is 0 Å². The molecule has 0 unspecified atom stereocenters. The van der Waals surface area contributed by atoms with E-state index in [9.17, 15) is 18.0 Å². The third kappa shape index (κ3) is 3.98. The molecule has 1 aliphatic heterocycles. The highest BCUT2D eigenvalue weighted by molar-refractivity contribution is 7.89. The van der Waals surface area contributed by atoms with Crippen LogP contribution in [0.25, 0.3) is 10.8 Å². The molecule has 2 aromatic rings. The van der Waals surface area contributed by atoms with Crippen LogP contribution in [-0.4, -0.2) is 49.4 Å². The number of sulfonamides is 1. The fraction of sp³-hybridized carbons (Fsp3) is 0.294. The fourth-order valence-electron chi connectivity index (χ4n) is 2.99. The molecule has 1 aliphatic rings. The first-order valence-corrected chi connectivity index (χ1v) is 9.84. The van der Waals surface area contributed by atoms with Crippen LogP contribution >= 0.6 is 11.6 Å². The highest BCUT2D eigenvalue weighted by atomic mass is 35.5. The molecule has 2 N–H and O–H groups in total. The number of carboxylic acid groups (broad SMARTS) is 1. The van der Waals surface area contributed by atoms with E-state index in [-0.39, 0.29) is 4.90 Å². The topological polar surface area (TPSA) is 104 Å². The predicted molar refractivity (Wildman–Crippen MR) is 96.5 cm³/mol. The zero-order valence-corrected chi connectivity index (χ0v) is 15.3. The summed E-state index contributed by atoms with van der Waals surface area (Å²) in [6.45, 7) is -0.136. The first-order chi connectivity index (χ1) is 12.3. The van der Waals surface area contributed by atoms with Crippen LogP contribution in [0.3, 0.4) is 0 Å². The number of hydrogen-bond acceptors (Lipinski definition) is 4. The number of carbonyl (C=O) groups is 2. The van der Waals surface area contributed by atoms with Crippen molar-refractivity contribution >= 4 is 44.3 Å². The number of halogens is 1. The molecule has 0 spiro atoms. The molecule has 0 aliphatic carbocycles. The van der Waals surface area contributed by atoms with Crippen molar-refractivity contribution in [3.8, 4) is 0 Å². The van der Waals surface area contributed by atoms with Crippen molar-refractivity contribution in [3.05, 3.63) is 41.4 Å². The van der Waals surface area contributed by atoms with Gasteiger partial charge in [-0.1, -0.05) is 23.7 Å². The lowest BCUT2D eigenvalue weighted by molar-refractivity contribution is -0.146. The number of aliphatic carboxylic acids is 1. The molecule has 2 aromatic carbocycles. The molecule has 0 bridgehead atoms. The van der Waals surface area contributed by atoms with Crippen LogP contribution < -0.4 is 4.72 Å². The Morgan fingerprint density at radius 2 is 1.96 bits per heavy atom. The molecule has 138 valence electrons. The Bertz CT molecular complexity index is 976. The van der Waals surface area contributed by atoms with Gasteiger partial charge < -0.3 is 10.0 Å². The lowest BCUT2D eigenvalue weighted by Crippen LogP contribution is -2.53. The first kappa shape index (κ1) is 18.6. The minimum absolute atomic E-state index is 0.0235. The van der Waals surface area contributed by atoms with Crippen molar-refractivity contribution in [1.82, 2.24) is 9.62 Å². The lowest BCUT2D eigenvalue weighted by Gasteiger charge is -2.31. The van der Waals surface area contributed by atoms with Crippen molar-refractivity contribution in [1.29, 1.82) is 0 Å². The monoisotopic (exact) mass is 396 g/mol. The van der Waals surface area contributed by atoms with Crippen molar-refractivity contribution in [3.63, 3.8) is 0 Å². The van der Waals surface area contributed by atoms with Crippen LogP contribution in [0.1, 0.15) is 12.8 Å².